The lowest BCUT2D eigenvalue weighted by atomic mass is 10.0. The third-order valence-electron chi connectivity index (χ3n) is 2.74. The number of nitrogens with zero attached hydrogens (tertiary/aromatic N) is 2. The summed E-state index contributed by atoms with van der Waals surface area (Å²) in [6, 6.07) is 6.62. The monoisotopic (exact) mass is 293 g/mol. The summed E-state index contributed by atoms with van der Waals surface area (Å²) in [4.78, 5) is 0. The lowest BCUT2D eigenvalue weighted by molar-refractivity contribution is 0.688. The molecule has 3 nitrogen and oxygen atoms in total. The van der Waals surface area contributed by atoms with Crippen LogP contribution in [0.2, 0.25) is 0 Å². The largest absolute Gasteiger partial charge is 0.309 e. The molecule has 0 bridgehead atoms. The zero-order valence-corrected chi connectivity index (χ0v) is 11.8. The van der Waals surface area contributed by atoms with Gasteiger partial charge in [0.1, 0.15) is 0 Å². The topological polar surface area (TPSA) is 29.9 Å². The van der Waals surface area contributed by atoms with Crippen LogP contribution in [-0.2, 0) is 7.05 Å². The molecule has 0 aliphatic carbocycles. The molecule has 90 valence electrons. The number of nitrogens with one attached hydrogen (secondary N) is 1. The Labute approximate surface area is 110 Å². The van der Waals surface area contributed by atoms with Crippen LogP contribution in [0.4, 0.5) is 0 Å². The summed E-state index contributed by atoms with van der Waals surface area (Å²) < 4.78 is 2.93. The van der Waals surface area contributed by atoms with Crippen molar-refractivity contribution in [3.8, 4) is 0 Å². The van der Waals surface area contributed by atoms with Crippen molar-refractivity contribution in [2.45, 2.75) is 13.0 Å². The van der Waals surface area contributed by atoms with E-state index in [-0.39, 0.29) is 6.04 Å². The smallest absolute Gasteiger partial charge is 0.0605 e. The highest BCUT2D eigenvalue weighted by atomic mass is 79.9. The van der Waals surface area contributed by atoms with E-state index < -0.39 is 0 Å². The summed E-state index contributed by atoms with van der Waals surface area (Å²) in [7, 11) is 3.90. The molecule has 0 aliphatic rings. The number of rotatable bonds is 3. The third-order valence-corrected chi connectivity index (χ3v) is 3.20. The van der Waals surface area contributed by atoms with Crippen LogP contribution in [0.5, 0.6) is 0 Å². The lowest BCUT2D eigenvalue weighted by Gasteiger charge is -2.16. The third kappa shape index (κ3) is 2.76. The minimum Gasteiger partial charge on any atom is -0.309 e. The van der Waals surface area contributed by atoms with Gasteiger partial charge in [-0.15, -0.1) is 0 Å². The molecule has 0 radical (unpaired) electrons. The van der Waals surface area contributed by atoms with E-state index in [0.717, 1.165) is 4.47 Å². The predicted octanol–water partition coefficient (Wildman–Crippen LogP) is 2.80. The van der Waals surface area contributed by atoms with E-state index in [9.17, 15) is 0 Å². The summed E-state index contributed by atoms with van der Waals surface area (Å²) in [5, 5.41) is 7.55. The van der Waals surface area contributed by atoms with Gasteiger partial charge in [-0.05, 0) is 37.2 Å². The molecule has 0 spiro atoms. The number of halogens is 1. The highest BCUT2D eigenvalue weighted by Gasteiger charge is 2.14. The number of aryl methyl sites for hydroxylation is 2. The summed E-state index contributed by atoms with van der Waals surface area (Å²) >= 11 is 3.54. The Kier molecular flexibility index (Phi) is 3.64. The van der Waals surface area contributed by atoms with Crippen molar-refractivity contribution in [3.05, 3.63) is 51.8 Å². The molecular formula is C13H16BrN3. The molecule has 1 atom stereocenters. The van der Waals surface area contributed by atoms with Crippen molar-refractivity contribution in [2.75, 3.05) is 7.05 Å². The average molecular weight is 294 g/mol. The molecule has 0 fully saturated rings. The van der Waals surface area contributed by atoms with Gasteiger partial charge in [-0.25, -0.2) is 0 Å². The van der Waals surface area contributed by atoms with E-state index in [1.54, 1.807) is 0 Å². The molecule has 0 aliphatic heterocycles. The van der Waals surface area contributed by atoms with Gasteiger partial charge in [-0.3, -0.25) is 4.68 Å². The summed E-state index contributed by atoms with van der Waals surface area (Å²) in [6.45, 7) is 2.10. The van der Waals surface area contributed by atoms with E-state index >= 15 is 0 Å². The number of aromatic nitrogens is 2. The first-order valence-corrected chi connectivity index (χ1v) is 6.32. The van der Waals surface area contributed by atoms with Crippen LogP contribution in [0.25, 0.3) is 0 Å². The first-order valence-electron chi connectivity index (χ1n) is 5.53. The Morgan fingerprint density at radius 2 is 2.06 bits per heavy atom. The molecule has 1 aromatic carbocycles. The molecule has 0 amide bonds. The molecule has 0 saturated heterocycles. The van der Waals surface area contributed by atoms with Crippen LogP contribution in [0.1, 0.15) is 22.7 Å². The van der Waals surface area contributed by atoms with E-state index in [0.29, 0.717) is 0 Å². The molecular weight excluding hydrogens is 278 g/mol. The van der Waals surface area contributed by atoms with Gasteiger partial charge in [0, 0.05) is 23.3 Å². The minimum absolute atomic E-state index is 0.180. The Morgan fingerprint density at radius 3 is 2.59 bits per heavy atom. The molecule has 17 heavy (non-hydrogen) atoms. The van der Waals surface area contributed by atoms with Crippen LogP contribution in [0, 0.1) is 6.92 Å². The summed E-state index contributed by atoms with van der Waals surface area (Å²) in [5.74, 6) is 0. The quantitative estimate of drug-likeness (QED) is 0.943. The maximum atomic E-state index is 4.22. The number of hydrogen-bond donors (Lipinski definition) is 1. The van der Waals surface area contributed by atoms with E-state index in [2.05, 4.69) is 51.5 Å². The van der Waals surface area contributed by atoms with Crippen molar-refractivity contribution >= 4 is 15.9 Å². The van der Waals surface area contributed by atoms with Crippen molar-refractivity contribution in [2.24, 2.45) is 7.05 Å². The minimum atomic E-state index is 0.180. The summed E-state index contributed by atoms with van der Waals surface area (Å²) in [5.41, 5.74) is 3.67. The van der Waals surface area contributed by atoms with Crippen LogP contribution < -0.4 is 5.32 Å². The highest BCUT2D eigenvalue weighted by molar-refractivity contribution is 9.10. The fourth-order valence-electron chi connectivity index (χ4n) is 2.05. The zero-order chi connectivity index (χ0) is 12.4. The maximum absolute atomic E-state index is 4.22. The SMILES string of the molecule is CNC(c1cc(C)cc(Br)c1)c1cnn(C)c1. The van der Waals surface area contributed by atoms with Crippen molar-refractivity contribution < 1.29 is 0 Å². The molecule has 2 rings (SSSR count). The van der Waals surface area contributed by atoms with Gasteiger partial charge in [0.15, 0.2) is 0 Å². The van der Waals surface area contributed by atoms with Gasteiger partial charge < -0.3 is 5.32 Å². The van der Waals surface area contributed by atoms with Gasteiger partial charge in [-0.2, -0.15) is 5.10 Å². The summed E-state index contributed by atoms with van der Waals surface area (Å²) in [6.07, 6.45) is 3.94. The molecule has 1 aromatic heterocycles. The Hall–Kier alpha value is -1.13. The number of hydrogen-bond acceptors (Lipinski definition) is 2. The van der Waals surface area contributed by atoms with Gasteiger partial charge in [0.05, 0.1) is 12.2 Å². The second kappa shape index (κ2) is 5.02. The van der Waals surface area contributed by atoms with E-state index in [1.165, 1.54) is 16.7 Å². The fraction of sp³-hybridized carbons (Fsp3) is 0.308. The Morgan fingerprint density at radius 1 is 1.29 bits per heavy atom. The first kappa shape index (κ1) is 12.3. The van der Waals surface area contributed by atoms with Crippen molar-refractivity contribution in [3.63, 3.8) is 0 Å². The van der Waals surface area contributed by atoms with Crippen LogP contribution >= 0.6 is 15.9 Å². The number of benzene rings is 1. The van der Waals surface area contributed by atoms with Crippen LogP contribution in [0.3, 0.4) is 0 Å². The Bertz CT molecular complexity index is 499. The zero-order valence-electron chi connectivity index (χ0n) is 10.2. The van der Waals surface area contributed by atoms with Gasteiger partial charge in [0.25, 0.3) is 0 Å². The molecule has 4 heteroatoms. The second-order valence-electron chi connectivity index (χ2n) is 4.23. The van der Waals surface area contributed by atoms with Gasteiger partial charge in [0.2, 0.25) is 0 Å². The predicted molar refractivity (Wildman–Crippen MR) is 73.0 cm³/mol. The molecule has 1 heterocycles. The van der Waals surface area contributed by atoms with Crippen LogP contribution in [0.15, 0.2) is 35.1 Å². The molecule has 0 saturated carbocycles. The average Bonchev–Trinajstić information content (AvgIpc) is 2.64. The fourth-order valence-corrected chi connectivity index (χ4v) is 2.67. The van der Waals surface area contributed by atoms with E-state index in [1.807, 2.05) is 31.2 Å². The van der Waals surface area contributed by atoms with E-state index in [4.69, 9.17) is 0 Å². The lowest BCUT2D eigenvalue weighted by Crippen LogP contribution is -2.17. The van der Waals surface area contributed by atoms with Gasteiger partial charge in [-0.1, -0.05) is 22.0 Å². The molecule has 1 unspecified atom stereocenters. The molecule has 2 aromatic rings. The van der Waals surface area contributed by atoms with Crippen molar-refractivity contribution in [1.29, 1.82) is 0 Å². The standard InChI is InChI=1S/C13H16BrN3/c1-9-4-10(6-12(14)5-9)13(15-2)11-7-16-17(3)8-11/h4-8,13,15H,1-3H3. The second-order valence-corrected chi connectivity index (χ2v) is 5.15. The van der Waals surface area contributed by atoms with Crippen molar-refractivity contribution in [1.82, 2.24) is 15.1 Å². The van der Waals surface area contributed by atoms with Crippen LogP contribution in [-0.4, -0.2) is 16.8 Å². The van der Waals surface area contributed by atoms with Gasteiger partial charge >= 0.3 is 0 Å². The normalized spacial score (nSPS) is 12.7. The highest BCUT2D eigenvalue weighted by Crippen LogP contribution is 2.25. The molecule has 1 N–H and O–H groups in total. The maximum Gasteiger partial charge on any atom is 0.0605 e. The first-order chi connectivity index (χ1) is 8.10. The Balaban J connectivity index is 2.41.